The summed E-state index contributed by atoms with van der Waals surface area (Å²) in [6.07, 6.45) is 3.11. The molecule has 3 rings (SSSR count). The van der Waals surface area contributed by atoms with Gasteiger partial charge in [0.05, 0.1) is 0 Å². The van der Waals surface area contributed by atoms with E-state index in [9.17, 15) is 4.79 Å². The SMILES string of the molecule is CC1(C)C2CN(C(=O)CCC3CCNC3)CC21.Cl. The first-order chi connectivity index (χ1) is 8.09. The van der Waals surface area contributed by atoms with E-state index < -0.39 is 0 Å². The van der Waals surface area contributed by atoms with E-state index in [0.717, 1.165) is 56.8 Å². The van der Waals surface area contributed by atoms with E-state index in [2.05, 4.69) is 24.1 Å². The molecule has 1 amide bonds. The van der Waals surface area contributed by atoms with Crippen LogP contribution in [0, 0.1) is 23.2 Å². The van der Waals surface area contributed by atoms with E-state index in [-0.39, 0.29) is 12.4 Å². The molecule has 3 unspecified atom stereocenters. The summed E-state index contributed by atoms with van der Waals surface area (Å²) in [5, 5.41) is 3.37. The molecule has 0 bridgehead atoms. The molecule has 0 radical (unpaired) electrons. The van der Waals surface area contributed by atoms with Gasteiger partial charge in [-0.1, -0.05) is 13.8 Å². The molecule has 18 heavy (non-hydrogen) atoms. The van der Waals surface area contributed by atoms with Gasteiger partial charge in [0.1, 0.15) is 0 Å². The minimum absolute atomic E-state index is 0. The topological polar surface area (TPSA) is 32.3 Å². The van der Waals surface area contributed by atoms with Crippen molar-refractivity contribution in [1.29, 1.82) is 0 Å². The van der Waals surface area contributed by atoms with Crippen LogP contribution in [0.2, 0.25) is 0 Å². The third-order valence-corrected chi connectivity index (χ3v) is 5.40. The zero-order valence-corrected chi connectivity index (χ0v) is 12.3. The van der Waals surface area contributed by atoms with Crippen LogP contribution in [0.1, 0.15) is 33.1 Å². The van der Waals surface area contributed by atoms with E-state index >= 15 is 0 Å². The Kier molecular flexibility index (Phi) is 3.93. The number of hydrogen-bond donors (Lipinski definition) is 1. The molecule has 0 aromatic carbocycles. The molecule has 0 spiro atoms. The van der Waals surface area contributed by atoms with Crippen LogP contribution in [0.5, 0.6) is 0 Å². The van der Waals surface area contributed by atoms with Crippen molar-refractivity contribution < 1.29 is 4.79 Å². The number of nitrogens with one attached hydrogen (secondary N) is 1. The Hall–Kier alpha value is -0.280. The lowest BCUT2D eigenvalue weighted by atomic mass is 10.0. The standard InChI is InChI=1S/C14H24N2O.ClH/c1-14(2)11-8-16(9-12(11)14)13(17)4-3-10-5-6-15-7-10;/h10-12,15H,3-9H2,1-2H3;1H. The zero-order valence-electron chi connectivity index (χ0n) is 11.4. The summed E-state index contributed by atoms with van der Waals surface area (Å²) >= 11 is 0. The molecule has 1 N–H and O–H groups in total. The van der Waals surface area contributed by atoms with Gasteiger partial charge in [0.25, 0.3) is 0 Å². The fraction of sp³-hybridized carbons (Fsp3) is 0.929. The molecule has 0 aromatic heterocycles. The van der Waals surface area contributed by atoms with E-state index in [1.165, 1.54) is 6.42 Å². The maximum absolute atomic E-state index is 12.1. The molecule has 2 heterocycles. The molecule has 1 saturated carbocycles. The van der Waals surface area contributed by atoms with Crippen LogP contribution in [-0.4, -0.2) is 37.0 Å². The number of amides is 1. The fourth-order valence-corrected chi connectivity index (χ4v) is 3.78. The highest BCUT2D eigenvalue weighted by molar-refractivity contribution is 5.85. The monoisotopic (exact) mass is 272 g/mol. The van der Waals surface area contributed by atoms with Crippen LogP contribution in [-0.2, 0) is 4.79 Å². The van der Waals surface area contributed by atoms with Crippen LogP contribution < -0.4 is 5.32 Å². The van der Waals surface area contributed by atoms with Crippen LogP contribution in [0.3, 0.4) is 0 Å². The largest absolute Gasteiger partial charge is 0.342 e. The molecule has 0 aromatic rings. The van der Waals surface area contributed by atoms with Gasteiger partial charge in [-0.15, -0.1) is 12.4 Å². The summed E-state index contributed by atoms with van der Waals surface area (Å²) in [6.45, 7) is 8.99. The molecular weight excluding hydrogens is 248 g/mol. The van der Waals surface area contributed by atoms with Crippen LogP contribution in [0.15, 0.2) is 0 Å². The normalized spacial score (nSPS) is 36.1. The Morgan fingerprint density at radius 2 is 2.00 bits per heavy atom. The zero-order chi connectivity index (χ0) is 12.0. The van der Waals surface area contributed by atoms with Crippen molar-refractivity contribution in [2.24, 2.45) is 23.2 Å². The first-order valence-electron chi connectivity index (χ1n) is 7.07. The average molecular weight is 273 g/mol. The molecule has 2 saturated heterocycles. The van der Waals surface area contributed by atoms with Gasteiger partial charge in [0, 0.05) is 19.5 Å². The molecule has 4 heteroatoms. The second-order valence-corrected chi connectivity index (χ2v) is 6.73. The number of fused-ring (bicyclic) bond motifs is 1. The highest BCUT2D eigenvalue weighted by Gasteiger charge is 2.62. The lowest BCUT2D eigenvalue weighted by molar-refractivity contribution is -0.131. The van der Waals surface area contributed by atoms with Crippen molar-refractivity contribution in [3.63, 3.8) is 0 Å². The van der Waals surface area contributed by atoms with Crippen LogP contribution in [0.25, 0.3) is 0 Å². The fourth-order valence-electron chi connectivity index (χ4n) is 3.78. The number of halogens is 1. The highest BCUT2D eigenvalue weighted by Crippen LogP contribution is 2.61. The summed E-state index contributed by atoms with van der Waals surface area (Å²) in [7, 11) is 0. The molecule has 2 aliphatic heterocycles. The summed E-state index contributed by atoms with van der Waals surface area (Å²) in [6, 6.07) is 0. The number of nitrogens with zero attached hydrogens (tertiary/aromatic N) is 1. The molecule has 3 fully saturated rings. The van der Waals surface area contributed by atoms with Crippen molar-refractivity contribution in [3.05, 3.63) is 0 Å². The molecular formula is C14H25ClN2O. The first kappa shape index (κ1) is 14.1. The summed E-state index contributed by atoms with van der Waals surface area (Å²) in [5.74, 6) is 2.73. The predicted octanol–water partition coefficient (Wildman–Crippen LogP) is 1.91. The minimum Gasteiger partial charge on any atom is -0.342 e. The second kappa shape index (κ2) is 5.01. The van der Waals surface area contributed by atoms with Crippen LogP contribution in [0.4, 0.5) is 0 Å². The van der Waals surface area contributed by atoms with Gasteiger partial charge in [0.15, 0.2) is 0 Å². The molecule has 104 valence electrons. The van der Waals surface area contributed by atoms with E-state index in [1.807, 2.05) is 0 Å². The third kappa shape index (κ3) is 2.39. The minimum atomic E-state index is 0. The van der Waals surface area contributed by atoms with Gasteiger partial charge >= 0.3 is 0 Å². The van der Waals surface area contributed by atoms with Crippen LogP contribution >= 0.6 is 12.4 Å². The van der Waals surface area contributed by atoms with Gasteiger partial charge in [-0.2, -0.15) is 0 Å². The van der Waals surface area contributed by atoms with Gasteiger partial charge in [-0.05, 0) is 49.1 Å². The van der Waals surface area contributed by atoms with Crippen molar-refractivity contribution in [2.45, 2.75) is 33.1 Å². The summed E-state index contributed by atoms with van der Waals surface area (Å²) in [4.78, 5) is 14.2. The van der Waals surface area contributed by atoms with Gasteiger partial charge in [0.2, 0.25) is 5.91 Å². The van der Waals surface area contributed by atoms with E-state index in [0.29, 0.717) is 11.3 Å². The number of rotatable bonds is 3. The maximum Gasteiger partial charge on any atom is 0.222 e. The van der Waals surface area contributed by atoms with E-state index in [1.54, 1.807) is 0 Å². The van der Waals surface area contributed by atoms with Crippen molar-refractivity contribution in [1.82, 2.24) is 10.2 Å². The molecule has 3 nitrogen and oxygen atoms in total. The first-order valence-corrected chi connectivity index (χ1v) is 7.07. The van der Waals surface area contributed by atoms with Gasteiger partial charge < -0.3 is 10.2 Å². The lowest BCUT2D eigenvalue weighted by Gasteiger charge is -2.22. The Labute approximate surface area is 116 Å². The Bertz CT molecular complexity index is 312. The Morgan fingerprint density at radius 1 is 1.33 bits per heavy atom. The summed E-state index contributed by atoms with van der Waals surface area (Å²) in [5.41, 5.74) is 0.520. The number of piperidine rings is 1. The average Bonchev–Trinajstić information content (AvgIpc) is 2.82. The Morgan fingerprint density at radius 3 is 2.56 bits per heavy atom. The number of likely N-dealkylation sites (tertiary alicyclic amines) is 1. The molecule has 3 atom stereocenters. The molecule has 1 aliphatic carbocycles. The number of hydrogen-bond acceptors (Lipinski definition) is 2. The Balaban J connectivity index is 0.00000120. The van der Waals surface area contributed by atoms with Gasteiger partial charge in [-0.3, -0.25) is 4.79 Å². The van der Waals surface area contributed by atoms with E-state index in [4.69, 9.17) is 0 Å². The molecule has 3 aliphatic rings. The maximum atomic E-state index is 12.1. The smallest absolute Gasteiger partial charge is 0.222 e. The van der Waals surface area contributed by atoms with Crippen molar-refractivity contribution in [3.8, 4) is 0 Å². The van der Waals surface area contributed by atoms with Crippen molar-refractivity contribution in [2.75, 3.05) is 26.2 Å². The number of carbonyl (C=O) groups excluding carboxylic acids is 1. The second-order valence-electron chi connectivity index (χ2n) is 6.73. The highest BCUT2D eigenvalue weighted by atomic mass is 35.5. The number of carbonyl (C=O) groups is 1. The van der Waals surface area contributed by atoms with Crippen molar-refractivity contribution >= 4 is 18.3 Å². The predicted molar refractivity (Wildman–Crippen MR) is 74.8 cm³/mol. The summed E-state index contributed by atoms with van der Waals surface area (Å²) < 4.78 is 0. The quantitative estimate of drug-likeness (QED) is 0.851. The lowest BCUT2D eigenvalue weighted by Crippen LogP contribution is -2.33. The third-order valence-electron chi connectivity index (χ3n) is 5.40. The van der Waals surface area contributed by atoms with Gasteiger partial charge in [-0.25, -0.2) is 0 Å².